The Bertz CT molecular complexity index is 497. The number of halogens is 4. The molecule has 0 spiro atoms. The molecule has 0 saturated heterocycles. The molecule has 0 fully saturated rings. The van der Waals surface area contributed by atoms with Crippen molar-refractivity contribution >= 4 is 5.91 Å². The third-order valence-electron chi connectivity index (χ3n) is 2.45. The van der Waals surface area contributed by atoms with E-state index in [1.165, 1.54) is 7.11 Å². The van der Waals surface area contributed by atoms with E-state index < -0.39 is 31.5 Å². The topological polar surface area (TPSA) is 73.6 Å². The van der Waals surface area contributed by atoms with E-state index in [0.717, 1.165) is 18.2 Å². The smallest absolute Gasteiger partial charge is 0.387 e. The number of nitrogens with one attached hydrogen (secondary N) is 1. The minimum absolute atomic E-state index is 0.0405. The Kier molecular flexibility index (Phi) is 5.77. The molecule has 0 heterocycles. The molecule has 0 radical (unpaired) electrons. The number of nitrogens with two attached hydrogens (primary N) is 1. The molecule has 1 amide bonds. The molecule has 0 aromatic heterocycles. The third kappa shape index (κ3) is 5.10. The number of rotatable bonds is 7. The van der Waals surface area contributed by atoms with Crippen LogP contribution in [0.4, 0.5) is 17.6 Å². The molecule has 0 saturated carbocycles. The van der Waals surface area contributed by atoms with E-state index in [-0.39, 0.29) is 17.1 Å². The van der Waals surface area contributed by atoms with Gasteiger partial charge in [0.1, 0.15) is 0 Å². The van der Waals surface area contributed by atoms with Gasteiger partial charge in [-0.05, 0) is 18.2 Å². The molecule has 21 heavy (non-hydrogen) atoms. The van der Waals surface area contributed by atoms with Crippen molar-refractivity contribution in [2.75, 3.05) is 20.2 Å². The van der Waals surface area contributed by atoms with Crippen LogP contribution in [0, 0.1) is 0 Å². The standard InChI is InChI=1S/C12H14F4N2O3/c1-20-9-4-7(2-3-8(9)21-11(13)14)10(19)18-6-12(15,16)5-17/h2-4,11H,5-6,17H2,1H3,(H,18,19). The van der Waals surface area contributed by atoms with Crippen LogP contribution in [-0.2, 0) is 0 Å². The Morgan fingerprint density at radius 1 is 1.38 bits per heavy atom. The highest BCUT2D eigenvalue weighted by Crippen LogP contribution is 2.29. The maximum atomic E-state index is 12.9. The fraction of sp³-hybridized carbons (Fsp3) is 0.417. The molecule has 0 atom stereocenters. The number of amides is 1. The minimum Gasteiger partial charge on any atom is -0.493 e. The SMILES string of the molecule is COc1cc(C(=O)NCC(F)(F)CN)ccc1OC(F)F. The van der Waals surface area contributed by atoms with Gasteiger partial charge >= 0.3 is 6.61 Å². The van der Waals surface area contributed by atoms with Crippen LogP contribution < -0.4 is 20.5 Å². The van der Waals surface area contributed by atoms with Gasteiger partial charge in [0.05, 0.1) is 20.2 Å². The highest BCUT2D eigenvalue weighted by Gasteiger charge is 2.27. The van der Waals surface area contributed by atoms with Gasteiger partial charge in [-0.1, -0.05) is 0 Å². The molecule has 0 unspecified atom stereocenters. The molecule has 1 aromatic rings. The van der Waals surface area contributed by atoms with Crippen molar-refractivity contribution in [3.8, 4) is 11.5 Å². The van der Waals surface area contributed by atoms with E-state index in [0.29, 0.717) is 0 Å². The van der Waals surface area contributed by atoms with Crippen LogP contribution in [0.2, 0.25) is 0 Å². The largest absolute Gasteiger partial charge is 0.493 e. The van der Waals surface area contributed by atoms with Crippen molar-refractivity contribution in [3.05, 3.63) is 23.8 Å². The van der Waals surface area contributed by atoms with Crippen molar-refractivity contribution in [2.45, 2.75) is 12.5 Å². The lowest BCUT2D eigenvalue weighted by molar-refractivity contribution is -0.0512. The van der Waals surface area contributed by atoms with Crippen molar-refractivity contribution in [1.29, 1.82) is 0 Å². The Labute approximate surface area is 118 Å². The first-order valence-electron chi connectivity index (χ1n) is 5.78. The van der Waals surface area contributed by atoms with Gasteiger partial charge in [-0.3, -0.25) is 4.79 Å². The quantitative estimate of drug-likeness (QED) is 0.751. The summed E-state index contributed by atoms with van der Waals surface area (Å²) in [5, 5.41) is 1.99. The van der Waals surface area contributed by atoms with Gasteiger partial charge in [0.2, 0.25) is 0 Å². The van der Waals surface area contributed by atoms with Crippen molar-refractivity contribution < 1.29 is 31.8 Å². The molecule has 1 rings (SSSR count). The molecule has 0 aliphatic heterocycles. The molecule has 118 valence electrons. The summed E-state index contributed by atoms with van der Waals surface area (Å²) in [5.74, 6) is -4.42. The third-order valence-corrected chi connectivity index (χ3v) is 2.45. The van der Waals surface area contributed by atoms with E-state index in [1.807, 2.05) is 5.32 Å². The first kappa shape index (κ1) is 17.0. The highest BCUT2D eigenvalue weighted by atomic mass is 19.3. The summed E-state index contributed by atoms with van der Waals surface area (Å²) in [6.45, 7) is -4.89. The van der Waals surface area contributed by atoms with Crippen LogP contribution in [-0.4, -0.2) is 38.6 Å². The van der Waals surface area contributed by atoms with Crippen LogP contribution in [0.3, 0.4) is 0 Å². The molecule has 0 aliphatic rings. The average Bonchev–Trinajstić information content (AvgIpc) is 2.44. The van der Waals surface area contributed by atoms with E-state index in [4.69, 9.17) is 10.5 Å². The summed E-state index contributed by atoms with van der Waals surface area (Å²) >= 11 is 0. The van der Waals surface area contributed by atoms with E-state index in [9.17, 15) is 22.4 Å². The number of ether oxygens (including phenoxy) is 2. The monoisotopic (exact) mass is 310 g/mol. The average molecular weight is 310 g/mol. The zero-order chi connectivity index (χ0) is 16.0. The van der Waals surface area contributed by atoms with Gasteiger partial charge in [-0.25, -0.2) is 8.78 Å². The lowest BCUT2D eigenvalue weighted by atomic mass is 10.2. The molecular weight excluding hydrogens is 296 g/mol. The van der Waals surface area contributed by atoms with Crippen molar-refractivity contribution in [2.24, 2.45) is 5.73 Å². The number of alkyl halides is 4. The zero-order valence-electron chi connectivity index (χ0n) is 11.0. The predicted octanol–water partition coefficient (Wildman–Crippen LogP) is 1.62. The van der Waals surface area contributed by atoms with E-state index in [1.54, 1.807) is 0 Å². The number of carbonyl (C=O) groups excluding carboxylic acids is 1. The zero-order valence-corrected chi connectivity index (χ0v) is 11.0. The summed E-state index contributed by atoms with van der Waals surface area (Å²) in [6, 6.07) is 3.34. The van der Waals surface area contributed by atoms with Crippen molar-refractivity contribution in [3.63, 3.8) is 0 Å². The summed E-state index contributed by atoms with van der Waals surface area (Å²) in [4.78, 5) is 11.7. The molecule has 9 heteroatoms. The Morgan fingerprint density at radius 3 is 2.57 bits per heavy atom. The summed E-state index contributed by atoms with van der Waals surface area (Å²) in [7, 11) is 1.19. The van der Waals surface area contributed by atoms with Crippen molar-refractivity contribution in [1.82, 2.24) is 5.32 Å². The van der Waals surface area contributed by atoms with Gasteiger partial charge < -0.3 is 20.5 Å². The fourth-order valence-corrected chi connectivity index (χ4v) is 1.39. The van der Waals surface area contributed by atoms with E-state index in [2.05, 4.69) is 4.74 Å². The maximum absolute atomic E-state index is 12.9. The summed E-state index contributed by atoms with van der Waals surface area (Å²) in [6.07, 6.45) is 0. The molecule has 5 nitrogen and oxygen atoms in total. The van der Waals surface area contributed by atoms with Gasteiger partial charge in [0.25, 0.3) is 11.8 Å². The van der Waals surface area contributed by atoms with Crippen LogP contribution in [0.1, 0.15) is 10.4 Å². The fourth-order valence-electron chi connectivity index (χ4n) is 1.39. The lowest BCUT2D eigenvalue weighted by Gasteiger charge is -2.15. The number of methoxy groups -OCH3 is 1. The minimum atomic E-state index is -3.22. The number of carbonyl (C=O) groups is 1. The first-order chi connectivity index (χ1) is 9.79. The second kappa shape index (κ2) is 7.11. The van der Waals surface area contributed by atoms with Crippen LogP contribution in [0.15, 0.2) is 18.2 Å². The number of hydrogen-bond acceptors (Lipinski definition) is 4. The van der Waals surface area contributed by atoms with Crippen LogP contribution in [0.25, 0.3) is 0 Å². The summed E-state index contributed by atoms with van der Waals surface area (Å²) < 4.78 is 59.1. The first-order valence-corrected chi connectivity index (χ1v) is 5.78. The summed E-state index contributed by atoms with van der Waals surface area (Å²) in [5.41, 5.74) is 4.79. The van der Waals surface area contributed by atoms with Crippen LogP contribution >= 0.6 is 0 Å². The van der Waals surface area contributed by atoms with Gasteiger partial charge in [-0.2, -0.15) is 8.78 Å². The Morgan fingerprint density at radius 2 is 2.05 bits per heavy atom. The molecule has 0 aliphatic carbocycles. The van der Waals surface area contributed by atoms with Gasteiger partial charge in [0, 0.05) is 5.56 Å². The normalized spacial score (nSPS) is 11.4. The molecule has 1 aromatic carbocycles. The molecular formula is C12H14F4N2O3. The van der Waals surface area contributed by atoms with Crippen LogP contribution in [0.5, 0.6) is 11.5 Å². The number of hydrogen-bond donors (Lipinski definition) is 2. The van der Waals surface area contributed by atoms with Gasteiger partial charge in [0.15, 0.2) is 11.5 Å². The Hall–Kier alpha value is -2.03. The van der Waals surface area contributed by atoms with E-state index >= 15 is 0 Å². The lowest BCUT2D eigenvalue weighted by Crippen LogP contribution is -2.41. The number of benzene rings is 1. The predicted molar refractivity (Wildman–Crippen MR) is 66.0 cm³/mol. The molecule has 3 N–H and O–H groups in total. The maximum Gasteiger partial charge on any atom is 0.387 e. The molecule has 0 bridgehead atoms. The second-order valence-corrected chi connectivity index (χ2v) is 3.99. The Balaban J connectivity index is 2.82. The highest BCUT2D eigenvalue weighted by molar-refractivity contribution is 5.94. The second-order valence-electron chi connectivity index (χ2n) is 3.99. The van der Waals surface area contributed by atoms with Gasteiger partial charge in [-0.15, -0.1) is 0 Å².